The van der Waals surface area contributed by atoms with Crippen molar-refractivity contribution in [1.82, 2.24) is 0 Å². The Morgan fingerprint density at radius 3 is 2.36 bits per heavy atom. The highest BCUT2D eigenvalue weighted by molar-refractivity contribution is 5.28. The molecule has 0 nitrogen and oxygen atoms in total. The zero-order valence-electron chi connectivity index (χ0n) is 10.5. The van der Waals surface area contributed by atoms with Crippen LogP contribution in [0.25, 0.3) is 0 Å². The molecule has 0 spiro atoms. The maximum absolute atomic E-state index is 2.38. The van der Waals surface area contributed by atoms with Crippen molar-refractivity contribution < 1.29 is 0 Å². The monoisotopic (exact) mass is 194 g/mol. The molecule has 0 radical (unpaired) electrons. The van der Waals surface area contributed by atoms with E-state index in [4.69, 9.17) is 0 Å². The van der Waals surface area contributed by atoms with E-state index in [0.717, 1.165) is 5.92 Å². The first-order valence-corrected chi connectivity index (χ1v) is 6.07. The van der Waals surface area contributed by atoms with Crippen LogP contribution < -0.4 is 0 Å². The van der Waals surface area contributed by atoms with E-state index >= 15 is 0 Å². The molecule has 0 bridgehead atoms. The van der Waals surface area contributed by atoms with Gasteiger partial charge in [-0.1, -0.05) is 64.8 Å². The molecule has 1 unspecified atom stereocenters. The minimum Gasteiger partial charge on any atom is -0.0776 e. The summed E-state index contributed by atoms with van der Waals surface area (Å²) < 4.78 is 0. The Morgan fingerprint density at radius 1 is 1.29 bits per heavy atom. The molecule has 0 N–H and O–H groups in total. The Balaban J connectivity index is 0.000000791. The molecular weight excluding hydrogens is 168 g/mol. The third-order valence-corrected chi connectivity index (χ3v) is 2.34. The normalized spacial score (nSPS) is 19.3. The van der Waals surface area contributed by atoms with Gasteiger partial charge < -0.3 is 0 Å². The molecule has 14 heavy (non-hydrogen) atoms. The Hall–Kier alpha value is -0.520. The van der Waals surface area contributed by atoms with Crippen LogP contribution in [-0.4, -0.2) is 0 Å². The van der Waals surface area contributed by atoms with Crippen LogP contribution in [-0.2, 0) is 0 Å². The molecule has 0 aromatic heterocycles. The lowest BCUT2D eigenvalue weighted by atomic mass is 10.0. The molecule has 0 amide bonds. The lowest BCUT2D eigenvalue weighted by molar-refractivity contribution is 0.556. The third-order valence-electron chi connectivity index (χ3n) is 2.34. The minimum atomic E-state index is 0.680. The number of allylic oxidation sites excluding steroid dienone is 4. The van der Waals surface area contributed by atoms with Crippen molar-refractivity contribution in [2.45, 2.75) is 53.9 Å². The van der Waals surface area contributed by atoms with Crippen molar-refractivity contribution in [1.29, 1.82) is 0 Å². The zero-order valence-corrected chi connectivity index (χ0v) is 10.5. The van der Waals surface area contributed by atoms with Crippen molar-refractivity contribution >= 4 is 0 Å². The summed E-state index contributed by atoms with van der Waals surface area (Å²) in [5.41, 5.74) is 1.54. The summed E-state index contributed by atoms with van der Waals surface area (Å²) in [6.07, 6.45) is 10.9. The van der Waals surface area contributed by atoms with E-state index in [1.807, 2.05) is 13.8 Å². The van der Waals surface area contributed by atoms with Gasteiger partial charge in [-0.15, -0.1) is 0 Å². The Morgan fingerprint density at radius 2 is 1.93 bits per heavy atom. The van der Waals surface area contributed by atoms with E-state index in [0.29, 0.717) is 5.92 Å². The first-order chi connectivity index (χ1) is 6.68. The fourth-order valence-corrected chi connectivity index (χ4v) is 1.61. The fraction of sp³-hybridized carbons (Fsp3) is 0.714. The molecule has 1 rings (SSSR count). The van der Waals surface area contributed by atoms with Crippen LogP contribution in [0.15, 0.2) is 23.8 Å². The fourth-order valence-electron chi connectivity index (χ4n) is 1.61. The van der Waals surface area contributed by atoms with Crippen molar-refractivity contribution in [3.8, 4) is 0 Å². The predicted molar refractivity (Wildman–Crippen MR) is 66.4 cm³/mol. The standard InChI is InChI=1S/C12H20.C2H6/c1-10(2)5-4-6-12-8-7-11(3)9-12;1-2/h7-11H,4-6H2,1-3H3;1-2H3. The number of hydrogen-bond donors (Lipinski definition) is 0. The van der Waals surface area contributed by atoms with Gasteiger partial charge in [0.2, 0.25) is 0 Å². The Kier molecular flexibility index (Phi) is 7.55. The van der Waals surface area contributed by atoms with Gasteiger partial charge in [0.15, 0.2) is 0 Å². The summed E-state index contributed by atoms with van der Waals surface area (Å²) in [6.45, 7) is 10.8. The highest BCUT2D eigenvalue weighted by Gasteiger charge is 2.03. The van der Waals surface area contributed by atoms with Crippen molar-refractivity contribution in [3.63, 3.8) is 0 Å². The highest BCUT2D eigenvalue weighted by atomic mass is 14.1. The molecule has 0 fully saturated rings. The van der Waals surface area contributed by atoms with Crippen molar-refractivity contribution in [2.24, 2.45) is 11.8 Å². The molecule has 0 heterocycles. The second-order valence-electron chi connectivity index (χ2n) is 4.25. The van der Waals surface area contributed by atoms with Crippen LogP contribution >= 0.6 is 0 Å². The first kappa shape index (κ1) is 13.5. The molecule has 0 aromatic carbocycles. The minimum absolute atomic E-state index is 0.680. The van der Waals surface area contributed by atoms with Gasteiger partial charge in [-0.2, -0.15) is 0 Å². The van der Waals surface area contributed by atoms with E-state index < -0.39 is 0 Å². The molecule has 1 atom stereocenters. The van der Waals surface area contributed by atoms with E-state index in [2.05, 4.69) is 39.0 Å². The molecule has 0 aromatic rings. The third kappa shape index (κ3) is 6.01. The van der Waals surface area contributed by atoms with Gasteiger partial charge in [0, 0.05) is 0 Å². The van der Waals surface area contributed by atoms with Crippen LogP contribution in [0.1, 0.15) is 53.9 Å². The molecule has 0 saturated carbocycles. The summed E-state index contributed by atoms with van der Waals surface area (Å²) in [6, 6.07) is 0. The Bertz CT molecular complexity index is 184. The average Bonchev–Trinajstić information content (AvgIpc) is 2.54. The van der Waals surface area contributed by atoms with E-state index in [1.165, 1.54) is 19.3 Å². The largest absolute Gasteiger partial charge is 0.0776 e. The first-order valence-electron chi connectivity index (χ1n) is 6.07. The lowest BCUT2D eigenvalue weighted by Gasteiger charge is -2.03. The lowest BCUT2D eigenvalue weighted by Crippen LogP contribution is -1.87. The molecule has 82 valence electrons. The highest BCUT2D eigenvalue weighted by Crippen LogP contribution is 2.20. The molecule has 1 aliphatic rings. The SMILES string of the molecule is CC.CC1C=CC(CCCC(C)C)=C1. The second kappa shape index (κ2) is 7.84. The van der Waals surface area contributed by atoms with Crippen molar-refractivity contribution in [3.05, 3.63) is 23.8 Å². The molecular formula is C14H26. The summed E-state index contributed by atoms with van der Waals surface area (Å²) in [5, 5.41) is 0. The summed E-state index contributed by atoms with van der Waals surface area (Å²) in [5.74, 6) is 1.53. The smallest absolute Gasteiger partial charge is 0.00728 e. The maximum Gasteiger partial charge on any atom is -0.00728 e. The van der Waals surface area contributed by atoms with Crippen molar-refractivity contribution in [2.75, 3.05) is 0 Å². The van der Waals surface area contributed by atoms with Gasteiger partial charge in [-0.3, -0.25) is 0 Å². The van der Waals surface area contributed by atoms with E-state index in [-0.39, 0.29) is 0 Å². The van der Waals surface area contributed by atoms with E-state index in [9.17, 15) is 0 Å². The number of rotatable bonds is 4. The summed E-state index contributed by atoms with van der Waals surface area (Å²) >= 11 is 0. The molecule has 1 aliphatic carbocycles. The van der Waals surface area contributed by atoms with Gasteiger partial charge in [0.25, 0.3) is 0 Å². The summed E-state index contributed by atoms with van der Waals surface area (Å²) in [7, 11) is 0. The van der Waals surface area contributed by atoms with Crippen LogP contribution in [0.3, 0.4) is 0 Å². The van der Waals surface area contributed by atoms with Crippen LogP contribution in [0, 0.1) is 11.8 Å². The topological polar surface area (TPSA) is 0 Å². The van der Waals surface area contributed by atoms with Gasteiger partial charge in [0.1, 0.15) is 0 Å². The van der Waals surface area contributed by atoms with E-state index in [1.54, 1.807) is 5.57 Å². The van der Waals surface area contributed by atoms with Crippen LogP contribution in [0.4, 0.5) is 0 Å². The molecule has 0 saturated heterocycles. The number of hydrogen-bond acceptors (Lipinski definition) is 0. The van der Waals surface area contributed by atoms with Gasteiger partial charge in [0.05, 0.1) is 0 Å². The molecule has 0 heteroatoms. The van der Waals surface area contributed by atoms with Gasteiger partial charge >= 0.3 is 0 Å². The van der Waals surface area contributed by atoms with Crippen LogP contribution in [0.2, 0.25) is 0 Å². The maximum atomic E-state index is 2.38. The van der Waals surface area contributed by atoms with Crippen LogP contribution in [0.5, 0.6) is 0 Å². The predicted octanol–water partition coefficient (Wildman–Crippen LogP) is 4.97. The zero-order chi connectivity index (χ0) is 11.0. The summed E-state index contributed by atoms with van der Waals surface area (Å²) in [4.78, 5) is 0. The van der Waals surface area contributed by atoms with Gasteiger partial charge in [-0.05, 0) is 24.7 Å². The van der Waals surface area contributed by atoms with Gasteiger partial charge in [-0.25, -0.2) is 0 Å². The average molecular weight is 194 g/mol. The molecule has 0 aliphatic heterocycles. The second-order valence-corrected chi connectivity index (χ2v) is 4.25. The Labute approximate surface area is 90.1 Å². The quantitative estimate of drug-likeness (QED) is 0.592.